The molecule has 4 N–H and O–H groups in total. The Bertz CT molecular complexity index is 125. The first-order valence-corrected chi connectivity index (χ1v) is 2.90. The van der Waals surface area contributed by atoms with Crippen molar-refractivity contribution in [1.82, 2.24) is 5.32 Å². The molecule has 0 bridgehead atoms. The van der Waals surface area contributed by atoms with Crippen LogP contribution in [0.3, 0.4) is 0 Å². The van der Waals surface area contributed by atoms with E-state index in [1.54, 1.807) is 0 Å². The zero-order chi connectivity index (χ0) is 7.28. The Balaban J connectivity index is 3.39. The van der Waals surface area contributed by atoms with Crippen LogP contribution in [0.1, 0.15) is 6.42 Å². The van der Waals surface area contributed by atoms with Gasteiger partial charge in [-0.05, 0) is 0 Å². The Hall–Kier alpha value is -0.770. The molecule has 0 spiro atoms. The van der Waals surface area contributed by atoms with E-state index in [9.17, 15) is 4.79 Å². The summed E-state index contributed by atoms with van der Waals surface area (Å²) in [7, 11) is 0. The minimum atomic E-state index is -0.717. The number of rotatable bonds is 2. The smallest absolute Gasteiger partial charge is 0.317 e. The van der Waals surface area contributed by atoms with E-state index in [-0.39, 0.29) is 5.84 Å². The molecule has 2 amide bonds. The lowest BCUT2D eigenvalue weighted by Gasteiger charge is -1.98. The maximum absolute atomic E-state index is 10.0. The van der Waals surface area contributed by atoms with Crippen molar-refractivity contribution in [2.24, 2.45) is 5.73 Å². The number of carbonyl (C=O) groups excluding carboxylic acids is 1. The van der Waals surface area contributed by atoms with Gasteiger partial charge in [-0.1, -0.05) is 0 Å². The average molecular weight is 150 g/mol. The summed E-state index contributed by atoms with van der Waals surface area (Å²) in [6.45, 7) is 0. The van der Waals surface area contributed by atoms with E-state index in [2.05, 4.69) is 11.1 Å². The molecule has 0 atom stereocenters. The van der Waals surface area contributed by atoms with E-state index in [0.29, 0.717) is 12.3 Å². The molecule has 5 heteroatoms. The standard InChI is InChI=1S/C4H8ClN3O/c5-2-1-3(6)8-4(7)9/h1-2H2,(H4,6,7,8,9). The van der Waals surface area contributed by atoms with E-state index >= 15 is 0 Å². The maximum Gasteiger partial charge on any atom is 0.317 e. The number of nitrogens with two attached hydrogens (primary N) is 1. The molecule has 52 valence electrons. The molecule has 0 saturated heterocycles. The van der Waals surface area contributed by atoms with Gasteiger partial charge in [0.25, 0.3) is 0 Å². The van der Waals surface area contributed by atoms with Crippen molar-refractivity contribution in [3.8, 4) is 0 Å². The summed E-state index contributed by atoms with van der Waals surface area (Å²) >= 11 is 5.25. The normalized spacial score (nSPS) is 8.56. The van der Waals surface area contributed by atoms with Gasteiger partial charge in [0.1, 0.15) is 5.84 Å². The predicted octanol–water partition coefficient (Wildman–Crippen LogP) is 0.261. The van der Waals surface area contributed by atoms with E-state index in [0.717, 1.165) is 0 Å². The van der Waals surface area contributed by atoms with Crippen LogP contribution < -0.4 is 11.1 Å². The van der Waals surface area contributed by atoms with E-state index < -0.39 is 6.03 Å². The number of amidine groups is 1. The van der Waals surface area contributed by atoms with Gasteiger partial charge >= 0.3 is 6.03 Å². The molecule has 0 aromatic heterocycles. The molecule has 9 heavy (non-hydrogen) atoms. The largest absolute Gasteiger partial charge is 0.351 e. The molecule has 0 aliphatic heterocycles. The number of nitrogens with one attached hydrogen (secondary N) is 2. The zero-order valence-corrected chi connectivity index (χ0v) is 5.53. The van der Waals surface area contributed by atoms with Crippen LogP contribution in [0.4, 0.5) is 4.79 Å². The Morgan fingerprint density at radius 3 is 2.67 bits per heavy atom. The second-order valence-electron chi connectivity index (χ2n) is 1.41. The molecule has 0 rings (SSSR count). The maximum atomic E-state index is 10.0. The summed E-state index contributed by atoms with van der Waals surface area (Å²) in [6.07, 6.45) is 0.338. The molecular weight excluding hydrogens is 142 g/mol. The van der Waals surface area contributed by atoms with Gasteiger partial charge in [-0.2, -0.15) is 0 Å². The monoisotopic (exact) mass is 149 g/mol. The molecule has 0 saturated carbocycles. The Labute approximate surface area is 57.9 Å². The predicted molar refractivity (Wildman–Crippen MR) is 35.8 cm³/mol. The van der Waals surface area contributed by atoms with Gasteiger partial charge in [0.15, 0.2) is 0 Å². The number of primary amides is 1. The average Bonchev–Trinajstić information content (AvgIpc) is 1.63. The molecule has 0 aliphatic carbocycles. The second-order valence-corrected chi connectivity index (χ2v) is 1.78. The third-order valence-electron chi connectivity index (χ3n) is 0.619. The number of hydrogen-bond donors (Lipinski definition) is 3. The van der Waals surface area contributed by atoms with Crippen molar-refractivity contribution in [1.29, 1.82) is 5.41 Å². The lowest BCUT2D eigenvalue weighted by molar-refractivity contribution is 0.253. The van der Waals surface area contributed by atoms with Gasteiger partial charge in [-0.15, -0.1) is 11.6 Å². The molecule has 4 nitrogen and oxygen atoms in total. The number of alkyl halides is 1. The highest BCUT2D eigenvalue weighted by Crippen LogP contribution is 1.82. The van der Waals surface area contributed by atoms with Crippen molar-refractivity contribution in [3.05, 3.63) is 0 Å². The van der Waals surface area contributed by atoms with Crippen molar-refractivity contribution in [2.45, 2.75) is 6.42 Å². The topological polar surface area (TPSA) is 79.0 Å². The second kappa shape index (κ2) is 4.14. The molecule has 0 aromatic rings. The van der Waals surface area contributed by atoms with Crippen LogP contribution in [0.5, 0.6) is 0 Å². The summed E-state index contributed by atoms with van der Waals surface area (Å²) in [5.74, 6) is 0.372. The fourth-order valence-electron chi connectivity index (χ4n) is 0.306. The Kier molecular flexibility index (Phi) is 3.79. The molecule has 0 fully saturated rings. The van der Waals surface area contributed by atoms with Gasteiger partial charge < -0.3 is 5.73 Å². The Morgan fingerprint density at radius 1 is 1.78 bits per heavy atom. The highest BCUT2D eigenvalue weighted by atomic mass is 35.5. The molecule has 0 heterocycles. The van der Waals surface area contributed by atoms with E-state index in [4.69, 9.17) is 17.0 Å². The van der Waals surface area contributed by atoms with Crippen LogP contribution in [0.25, 0.3) is 0 Å². The van der Waals surface area contributed by atoms with Crippen LogP contribution in [-0.2, 0) is 0 Å². The van der Waals surface area contributed by atoms with Crippen molar-refractivity contribution in [2.75, 3.05) is 5.88 Å². The Morgan fingerprint density at radius 2 is 2.33 bits per heavy atom. The van der Waals surface area contributed by atoms with Crippen molar-refractivity contribution >= 4 is 23.5 Å². The van der Waals surface area contributed by atoms with Gasteiger partial charge in [-0.25, -0.2) is 4.79 Å². The van der Waals surface area contributed by atoms with Gasteiger partial charge in [0.05, 0.1) is 0 Å². The van der Waals surface area contributed by atoms with Crippen molar-refractivity contribution in [3.63, 3.8) is 0 Å². The number of carbonyl (C=O) groups is 1. The van der Waals surface area contributed by atoms with Crippen LogP contribution in [0.15, 0.2) is 0 Å². The fraction of sp³-hybridized carbons (Fsp3) is 0.500. The first-order chi connectivity index (χ1) is 4.16. The number of amides is 2. The third kappa shape index (κ3) is 5.10. The van der Waals surface area contributed by atoms with Gasteiger partial charge in [0.2, 0.25) is 0 Å². The SMILES string of the molecule is N=C(CCCl)NC(N)=O. The minimum absolute atomic E-state index is 0.0532. The lowest BCUT2D eigenvalue weighted by atomic mass is 10.4. The molecule has 0 unspecified atom stereocenters. The summed E-state index contributed by atoms with van der Waals surface area (Å²) in [5, 5.41) is 9.00. The van der Waals surface area contributed by atoms with E-state index in [1.807, 2.05) is 0 Å². The van der Waals surface area contributed by atoms with E-state index in [1.165, 1.54) is 0 Å². The van der Waals surface area contributed by atoms with Crippen molar-refractivity contribution < 1.29 is 4.79 Å². The van der Waals surface area contributed by atoms with Gasteiger partial charge in [-0.3, -0.25) is 10.7 Å². The molecule has 0 aliphatic rings. The summed E-state index contributed by atoms with van der Waals surface area (Å²) in [4.78, 5) is 10.0. The lowest BCUT2D eigenvalue weighted by Crippen LogP contribution is -2.34. The molecular formula is C4H8ClN3O. The highest BCUT2D eigenvalue weighted by Gasteiger charge is 1.96. The highest BCUT2D eigenvalue weighted by molar-refractivity contribution is 6.19. The molecule has 0 radical (unpaired) electrons. The first-order valence-electron chi connectivity index (χ1n) is 2.36. The number of hydrogen-bond acceptors (Lipinski definition) is 2. The van der Waals surface area contributed by atoms with Gasteiger partial charge in [0, 0.05) is 12.3 Å². The fourth-order valence-corrected chi connectivity index (χ4v) is 0.495. The minimum Gasteiger partial charge on any atom is -0.351 e. The first kappa shape index (κ1) is 8.23. The third-order valence-corrected chi connectivity index (χ3v) is 0.808. The quantitative estimate of drug-likeness (QED) is 0.294. The molecule has 0 aromatic carbocycles. The van der Waals surface area contributed by atoms with Crippen LogP contribution >= 0.6 is 11.6 Å². The van der Waals surface area contributed by atoms with Crippen LogP contribution in [-0.4, -0.2) is 17.7 Å². The van der Waals surface area contributed by atoms with Crippen LogP contribution in [0.2, 0.25) is 0 Å². The summed E-state index contributed by atoms with van der Waals surface area (Å²) in [6, 6.07) is -0.717. The number of halogens is 1. The zero-order valence-electron chi connectivity index (χ0n) is 4.78. The van der Waals surface area contributed by atoms with Crippen LogP contribution in [0, 0.1) is 5.41 Å². The summed E-state index contributed by atoms with van der Waals surface area (Å²) in [5.41, 5.74) is 4.69. The summed E-state index contributed by atoms with van der Waals surface area (Å²) < 4.78 is 0. The number of urea groups is 1.